The van der Waals surface area contributed by atoms with Gasteiger partial charge in [0.2, 0.25) is 0 Å². The maximum atomic E-state index is 14.6. The minimum absolute atomic E-state index is 0.0615. The zero-order chi connectivity index (χ0) is 23.0. The first kappa shape index (κ1) is 22.0. The second-order valence-electron chi connectivity index (χ2n) is 9.07. The lowest BCUT2D eigenvalue weighted by Gasteiger charge is -2.36. The van der Waals surface area contributed by atoms with Gasteiger partial charge in [-0.05, 0) is 29.2 Å². The fraction of sp³-hybridized carbons (Fsp3) is 0.333. The monoisotopic (exact) mass is 440 g/mol. The summed E-state index contributed by atoms with van der Waals surface area (Å²) < 4.78 is 35.5. The summed E-state index contributed by atoms with van der Waals surface area (Å²) in [6.07, 6.45) is 0.440. The Bertz CT molecular complexity index is 1120. The van der Waals surface area contributed by atoms with Crippen LogP contribution < -0.4 is 5.73 Å². The zero-order valence-electron chi connectivity index (χ0n) is 18.3. The van der Waals surface area contributed by atoms with Gasteiger partial charge in [-0.2, -0.15) is 0 Å². The van der Waals surface area contributed by atoms with E-state index >= 15 is 0 Å². The normalized spacial score (nSPS) is 17.5. The van der Waals surface area contributed by atoms with Gasteiger partial charge in [-0.1, -0.05) is 51.1 Å². The van der Waals surface area contributed by atoms with Crippen LogP contribution >= 0.6 is 0 Å². The summed E-state index contributed by atoms with van der Waals surface area (Å²) in [5.41, 5.74) is 6.78. The van der Waals surface area contributed by atoms with Crippen molar-refractivity contribution in [1.29, 1.82) is 0 Å². The average Bonchev–Trinajstić information content (AvgIpc) is 3.26. The van der Waals surface area contributed by atoms with Crippen molar-refractivity contribution in [3.05, 3.63) is 77.8 Å². The van der Waals surface area contributed by atoms with E-state index in [4.69, 9.17) is 15.5 Å². The van der Waals surface area contributed by atoms with E-state index in [1.54, 1.807) is 11.1 Å². The van der Waals surface area contributed by atoms with E-state index < -0.39 is 35.4 Å². The highest BCUT2D eigenvalue weighted by atomic mass is 19.1. The van der Waals surface area contributed by atoms with Crippen LogP contribution in [0.3, 0.4) is 0 Å². The number of hydrogen-bond acceptors (Lipinski definition) is 4. The quantitative estimate of drug-likeness (QED) is 0.624. The Morgan fingerprint density at radius 3 is 2.53 bits per heavy atom. The number of carbonyl (C=O) groups is 1. The molecule has 2 heterocycles. The molecule has 168 valence electrons. The van der Waals surface area contributed by atoms with Crippen LogP contribution in [0.5, 0.6) is 0 Å². The number of hydrogen-bond donors (Lipinski definition) is 1. The zero-order valence-corrected chi connectivity index (χ0v) is 18.3. The van der Waals surface area contributed by atoms with E-state index in [0.29, 0.717) is 18.1 Å². The Kier molecular flexibility index (Phi) is 5.73. The molecule has 0 saturated carbocycles. The van der Waals surface area contributed by atoms with Gasteiger partial charge < -0.3 is 9.30 Å². The lowest BCUT2D eigenvalue weighted by molar-refractivity contribution is 0.104. The van der Waals surface area contributed by atoms with Crippen molar-refractivity contribution < 1.29 is 18.3 Å². The molecule has 4 rings (SSSR count). The van der Waals surface area contributed by atoms with Crippen LogP contribution in [0.15, 0.2) is 54.7 Å². The highest BCUT2D eigenvalue weighted by Crippen LogP contribution is 2.40. The van der Waals surface area contributed by atoms with E-state index in [-0.39, 0.29) is 12.1 Å². The predicted molar refractivity (Wildman–Crippen MR) is 116 cm³/mol. The Balaban J connectivity index is 1.87. The van der Waals surface area contributed by atoms with Gasteiger partial charge in [0.05, 0.1) is 18.3 Å². The molecule has 2 N–H and O–H groups in total. The van der Waals surface area contributed by atoms with Crippen molar-refractivity contribution in [1.82, 2.24) is 14.5 Å². The average molecular weight is 440 g/mol. The van der Waals surface area contributed by atoms with Gasteiger partial charge in [0.25, 0.3) is 0 Å². The number of ether oxygens (including phenoxy) is 1. The van der Waals surface area contributed by atoms with Gasteiger partial charge in [-0.25, -0.2) is 18.6 Å². The molecule has 1 amide bonds. The van der Waals surface area contributed by atoms with Crippen molar-refractivity contribution >= 4 is 6.09 Å². The molecule has 32 heavy (non-hydrogen) atoms. The number of imidazole rings is 1. The fourth-order valence-electron chi connectivity index (χ4n) is 4.09. The van der Waals surface area contributed by atoms with Crippen molar-refractivity contribution in [2.75, 3.05) is 6.54 Å². The third-order valence-corrected chi connectivity index (χ3v) is 5.45. The van der Waals surface area contributed by atoms with E-state index in [0.717, 1.165) is 23.8 Å². The number of cyclic esters (lactones) is 1. The van der Waals surface area contributed by atoms with Crippen LogP contribution in [-0.4, -0.2) is 33.3 Å². The summed E-state index contributed by atoms with van der Waals surface area (Å²) in [6, 6.07) is 12.5. The number of nitrogens with two attached hydrogens (primary N) is 1. The number of carbonyl (C=O) groups excluding carboxylic acids is 1. The maximum Gasteiger partial charge on any atom is 0.412 e. The van der Waals surface area contributed by atoms with Crippen molar-refractivity contribution in [3.63, 3.8) is 0 Å². The standard InChI is InChI=1S/C24H26F2N4O2/c1-24(2,3)21(30-14-20(27)32-23(30)31)22-28-19(17-11-16(25)9-10-18(17)26)13-29(22)12-15-7-5-4-6-8-15/h4-11,13,20-21H,12,14,27H2,1-3H3/t20?,21-/m0/s1. The number of amides is 1. The van der Waals surface area contributed by atoms with Crippen LogP contribution in [-0.2, 0) is 11.3 Å². The molecule has 1 aromatic heterocycles. The molecular weight excluding hydrogens is 414 g/mol. The first-order valence-corrected chi connectivity index (χ1v) is 10.4. The van der Waals surface area contributed by atoms with Crippen molar-refractivity contribution in [2.45, 2.75) is 39.6 Å². The van der Waals surface area contributed by atoms with Crippen LogP contribution in [0.25, 0.3) is 11.3 Å². The Morgan fingerprint density at radius 2 is 1.91 bits per heavy atom. The smallest absolute Gasteiger partial charge is 0.412 e. The van der Waals surface area contributed by atoms with E-state index in [1.807, 2.05) is 55.7 Å². The Hall–Kier alpha value is -3.26. The molecule has 2 aromatic carbocycles. The van der Waals surface area contributed by atoms with Crippen molar-refractivity contribution in [3.8, 4) is 11.3 Å². The van der Waals surface area contributed by atoms with Crippen molar-refractivity contribution in [2.24, 2.45) is 11.1 Å². The molecule has 1 aliphatic rings. The third-order valence-electron chi connectivity index (χ3n) is 5.45. The molecule has 2 atom stereocenters. The van der Waals surface area contributed by atoms with Gasteiger partial charge >= 0.3 is 6.09 Å². The predicted octanol–water partition coefficient (Wildman–Crippen LogP) is 4.70. The molecule has 1 aliphatic heterocycles. The van der Waals surface area contributed by atoms with Gasteiger partial charge in [-0.3, -0.25) is 10.6 Å². The van der Waals surface area contributed by atoms with Gasteiger partial charge in [0.1, 0.15) is 17.5 Å². The molecule has 0 radical (unpaired) electrons. The molecule has 0 spiro atoms. The van der Waals surface area contributed by atoms with E-state index in [2.05, 4.69) is 0 Å². The minimum Gasteiger partial charge on any atom is -0.429 e. The Labute approximate surface area is 185 Å². The summed E-state index contributed by atoms with van der Waals surface area (Å²) in [4.78, 5) is 18.8. The van der Waals surface area contributed by atoms with Crippen LogP contribution in [0.4, 0.5) is 13.6 Å². The van der Waals surface area contributed by atoms with Gasteiger partial charge in [0, 0.05) is 18.3 Å². The number of rotatable bonds is 5. The first-order valence-electron chi connectivity index (χ1n) is 10.4. The number of aromatic nitrogens is 2. The number of benzene rings is 2. The first-order chi connectivity index (χ1) is 15.1. The topological polar surface area (TPSA) is 73.4 Å². The number of halogens is 2. The molecule has 1 fully saturated rings. The summed E-state index contributed by atoms with van der Waals surface area (Å²) in [5.74, 6) is -0.578. The molecular formula is C24H26F2N4O2. The summed E-state index contributed by atoms with van der Waals surface area (Å²) >= 11 is 0. The Morgan fingerprint density at radius 1 is 1.19 bits per heavy atom. The van der Waals surface area contributed by atoms with Crippen LogP contribution in [0.1, 0.15) is 38.2 Å². The minimum atomic E-state index is -0.731. The maximum absolute atomic E-state index is 14.6. The van der Waals surface area contributed by atoms with Crippen LogP contribution in [0.2, 0.25) is 0 Å². The van der Waals surface area contributed by atoms with E-state index in [9.17, 15) is 13.6 Å². The SMILES string of the molecule is CC(C)(C)[C@H](c1nc(-c2cc(F)ccc2F)cn1Cc1ccccc1)N1CC(N)OC1=O. The largest absolute Gasteiger partial charge is 0.429 e. The van der Waals surface area contributed by atoms with Gasteiger partial charge in [0.15, 0.2) is 6.23 Å². The number of nitrogens with zero attached hydrogens (tertiary/aromatic N) is 3. The molecule has 3 aromatic rings. The molecule has 1 saturated heterocycles. The molecule has 8 heteroatoms. The van der Waals surface area contributed by atoms with Gasteiger partial charge in [-0.15, -0.1) is 0 Å². The molecule has 0 bridgehead atoms. The third kappa shape index (κ3) is 4.36. The summed E-state index contributed by atoms with van der Waals surface area (Å²) in [5, 5.41) is 0. The second-order valence-corrected chi connectivity index (χ2v) is 9.07. The molecule has 0 aliphatic carbocycles. The highest BCUT2D eigenvalue weighted by Gasteiger charge is 2.43. The highest BCUT2D eigenvalue weighted by molar-refractivity contribution is 5.70. The summed E-state index contributed by atoms with van der Waals surface area (Å²) in [6.45, 7) is 6.61. The lowest BCUT2D eigenvalue weighted by atomic mass is 9.85. The molecule has 6 nitrogen and oxygen atoms in total. The van der Waals surface area contributed by atoms with E-state index in [1.165, 1.54) is 0 Å². The second kappa shape index (κ2) is 8.35. The lowest BCUT2D eigenvalue weighted by Crippen LogP contribution is -2.40. The fourth-order valence-corrected chi connectivity index (χ4v) is 4.09. The molecule has 1 unspecified atom stereocenters. The summed E-state index contributed by atoms with van der Waals surface area (Å²) in [7, 11) is 0. The van der Waals surface area contributed by atoms with Crippen LogP contribution in [0, 0.1) is 17.0 Å².